The van der Waals surface area contributed by atoms with E-state index in [4.69, 9.17) is 4.74 Å². The van der Waals surface area contributed by atoms with Crippen molar-refractivity contribution < 1.29 is 9.53 Å². The Hall–Kier alpha value is -3.11. The number of carbonyl (C=O) groups excluding carboxylic acids is 1. The molecule has 0 aliphatic heterocycles. The average Bonchev–Trinajstić information content (AvgIpc) is 2.85. The molecule has 0 aliphatic rings. The van der Waals surface area contributed by atoms with Crippen LogP contribution < -0.4 is 10.1 Å². The minimum atomic E-state index is -0.114. The van der Waals surface area contributed by atoms with Crippen LogP contribution in [0.5, 0.6) is 5.75 Å². The molecule has 33 heavy (non-hydrogen) atoms. The highest BCUT2D eigenvalue weighted by molar-refractivity contribution is 6.04. The monoisotopic (exact) mass is 444 g/mol. The van der Waals surface area contributed by atoms with Crippen molar-refractivity contribution in [2.24, 2.45) is 0 Å². The molecule has 3 rings (SSSR count). The van der Waals surface area contributed by atoms with Crippen LogP contribution in [-0.4, -0.2) is 24.0 Å². The molecule has 0 unspecified atom stereocenters. The van der Waals surface area contributed by atoms with Crippen LogP contribution in [0.15, 0.2) is 78.9 Å². The number of carbonyl (C=O) groups is 1. The molecule has 0 aliphatic carbocycles. The molecular weight excluding hydrogens is 408 g/mol. The van der Waals surface area contributed by atoms with E-state index in [0.29, 0.717) is 5.56 Å². The third-order valence-electron chi connectivity index (χ3n) is 5.70. The zero-order chi connectivity index (χ0) is 23.3. The van der Waals surface area contributed by atoms with E-state index in [0.717, 1.165) is 44.1 Å². The van der Waals surface area contributed by atoms with Gasteiger partial charge < -0.3 is 10.1 Å². The highest BCUT2D eigenvalue weighted by atomic mass is 16.5. The molecule has 0 spiro atoms. The summed E-state index contributed by atoms with van der Waals surface area (Å²) in [7, 11) is 0. The van der Waals surface area contributed by atoms with Crippen LogP contribution in [0.3, 0.4) is 0 Å². The van der Waals surface area contributed by atoms with E-state index >= 15 is 0 Å². The number of rotatable bonds is 13. The Kier molecular flexibility index (Phi) is 9.99. The third kappa shape index (κ3) is 8.39. The highest BCUT2D eigenvalue weighted by Crippen LogP contribution is 2.17. The van der Waals surface area contributed by atoms with Crippen LogP contribution in [-0.2, 0) is 13.1 Å². The molecule has 1 N–H and O–H groups in total. The van der Waals surface area contributed by atoms with Crippen LogP contribution in [0.2, 0.25) is 0 Å². The molecule has 0 atom stereocenters. The molecule has 4 nitrogen and oxygen atoms in total. The van der Waals surface area contributed by atoms with Gasteiger partial charge in [-0.3, -0.25) is 9.69 Å². The predicted octanol–water partition coefficient (Wildman–Crippen LogP) is 6.92. The lowest BCUT2D eigenvalue weighted by molar-refractivity contribution is 0.102. The molecule has 0 saturated heterocycles. The molecule has 0 saturated carbocycles. The van der Waals surface area contributed by atoms with Gasteiger partial charge in [0.25, 0.3) is 5.91 Å². The topological polar surface area (TPSA) is 41.6 Å². The second-order valence-electron chi connectivity index (χ2n) is 8.37. The maximum absolute atomic E-state index is 12.6. The molecular formula is C29H36N2O2. The summed E-state index contributed by atoms with van der Waals surface area (Å²) in [6, 6.07) is 26.0. The van der Waals surface area contributed by atoms with Crippen LogP contribution in [0, 0.1) is 0 Å². The summed E-state index contributed by atoms with van der Waals surface area (Å²) in [5, 5.41) is 2.99. The lowest BCUT2D eigenvalue weighted by Gasteiger charge is -2.20. The Bertz CT molecular complexity index is 953. The number of anilines is 1. The van der Waals surface area contributed by atoms with Gasteiger partial charge in [0.2, 0.25) is 0 Å². The van der Waals surface area contributed by atoms with Crippen molar-refractivity contribution in [2.75, 3.05) is 18.5 Å². The van der Waals surface area contributed by atoms with Crippen molar-refractivity contribution in [3.8, 4) is 5.75 Å². The van der Waals surface area contributed by atoms with Crippen LogP contribution in [0.1, 0.15) is 61.0 Å². The smallest absolute Gasteiger partial charge is 0.255 e. The van der Waals surface area contributed by atoms with Gasteiger partial charge in [0, 0.05) is 24.3 Å². The van der Waals surface area contributed by atoms with Gasteiger partial charge in [0.1, 0.15) is 5.75 Å². The molecule has 3 aromatic carbocycles. The number of hydrogen-bond acceptors (Lipinski definition) is 3. The maximum Gasteiger partial charge on any atom is 0.255 e. The van der Waals surface area contributed by atoms with E-state index in [2.05, 4.69) is 60.5 Å². The van der Waals surface area contributed by atoms with Gasteiger partial charge in [-0.2, -0.15) is 0 Å². The van der Waals surface area contributed by atoms with E-state index in [1.165, 1.54) is 30.4 Å². The fourth-order valence-corrected chi connectivity index (χ4v) is 3.70. The van der Waals surface area contributed by atoms with Crippen molar-refractivity contribution >= 4 is 11.6 Å². The lowest BCUT2D eigenvalue weighted by atomic mass is 10.1. The van der Waals surface area contributed by atoms with E-state index in [9.17, 15) is 4.79 Å². The van der Waals surface area contributed by atoms with Gasteiger partial charge in [-0.25, -0.2) is 0 Å². The first-order valence-corrected chi connectivity index (χ1v) is 12.1. The summed E-state index contributed by atoms with van der Waals surface area (Å²) in [5.41, 5.74) is 3.96. The predicted molar refractivity (Wildman–Crippen MR) is 137 cm³/mol. The first-order chi connectivity index (χ1) is 16.2. The minimum absolute atomic E-state index is 0.114. The SMILES string of the molecule is CCCCCCOc1ccc(C(=O)Nc2ccc(CN(CC)Cc3ccccc3)cc2)cc1. The van der Waals surface area contributed by atoms with Crippen LogP contribution in [0.4, 0.5) is 5.69 Å². The highest BCUT2D eigenvalue weighted by Gasteiger charge is 2.08. The second-order valence-corrected chi connectivity index (χ2v) is 8.37. The Morgan fingerprint density at radius 1 is 0.788 bits per heavy atom. The van der Waals surface area contributed by atoms with Gasteiger partial charge in [0.15, 0.2) is 0 Å². The van der Waals surface area contributed by atoms with Gasteiger partial charge in [0.05, 0.1) is 6.61 Å². The first kappa shape index (κ1) is 24.5. The molecule has 4 heteroatoms. The second kappa shape index (κ2) is 13.4. The van der Waals surface area contributed by atoms with E-state index in [-0.39, 0.29) is 5.91 Å². The molecule has 0 radical (unpaired) electrons. The van der Waals surface area contributed by atoms with Gasteiger partial charge in [-0.1, -0.05) is 75.6 Å². The summed E-state index contributed by atoms with van der Waals surface area (Å²) in [4.78, 5) is 15.0. The van der Waals surface area contributed by atoms with Gasteiger partial charge in [-0.15, -0.1) is 0 Å². The van der Waals surface area contributed by atoms with Gasteiger partial charge in [-0.05, 0) is 60.5 Å². The van der Waals surface area contributed by atoms with Crippen molar-refractivity contribution in [1.82, 2.24) is 4.90 Å². The van der Waals surface area contributed by atoms with E-state index < -0.39 is 0 Å². The molecule has 0 fully saturated rings. The first-order valence-electron chi connectivity index (χ1n) is 12.1. The van der Waals surface area contributed by atoms with Crippen LogP contribution >= 0.6 is 0 Å². The third-order valence-corrected chi connectivity index (χ3v) is 5.70. The number of amides is 1. The molecule has 0 aromatic heterocycles. The lowest BCUT2D eigenvalue weighted by Crippen LogP contribution is -2.22. The number of hydrogen-bond donors (Lipinski definition) is 1. The number of nitrogens with zero attached hydrogens (tertiary/aromatic N) is 1. The maximum atomic E-state index is 12.6. The van der Waals surface area contributed by atoms with Gasteiger partial charge >= 0.3 is 0 Å². The Balaban J connectivity index is 1.48. The summed E-state index contributed by atoms with van der Waals surface area (Å²) < 4.78 is 5.76. The van der Waals surface area contributed by atoms with Crippen molar-refractivity contribution in [3.63, 3.8) is 0 Å². The minimum Gasteiger partial charge on any atom is -0.494 e. The Labute approximate surface area is 198 Å². The van der Waals surface area contributed by atoms with Crippen molar-refractivity contribution in [3.05, 3.63) is 95.6 Å². The fraction of sp³-hybridized carbons (Fsp3) is 0.345. The largest absolute Gasteiger partial charge is 0.494 e. The number of ether oxygens (including phenoxy) is 1. The van der Waals surface area contributed by atoms with Crippen molar-refractivity contribution in [2.45, 2.75) is 52.6 Å². The molecule has 0 heterocycles. The fourth-order valence-electron chi connectivity index (χ4n) is 3.70. The number of unbranched alkanes of at least 4 members (excludes halogenated alkanes) is 3. The average molecular weight is 445 g/mol. The van der Waals surface area contributed by atoms with Crippen molar-refractivity contribution in [1.29, 1.82) is 0 Å². The Morgan fingerprint density at radius 3 is 2.09 bits per heavy atom. The Morgan fingerprint density at radius 2 is 1.45 bits per heavy atom. The molecule has 3 aromatic rings. The van der Waals surface area contributed by atoms with E-state index in [1.54, 1.807) is 0 Å². The summed E-state index contributed by atoms with van der Waals surface area (Å²) in [5.74, 6) is 0.694. The summed E-state index contributed by atoms with van der Waals surface area (Å²) in [6.45, 7) is 7.88. The summed E-state index contributed by atoms with van der Waals surface area (Å²) >= 11 is 0. The van der Waals surface area contributed by atoms with E-state index in [1.807, 2.05) is 42.5 Å². The normalized spacial score (nSPS) is 10.9. The summed E-state index contributed by atoms with van der Waals surface area (Å²) in [6.07, 6.45) is 4.72. The molecule has 0 bridgehead atoms. The number of benzene rings is 3. The zero-order valence-electron chi connectivity index (χ0n) is 19.9. The zero-order valence-corrected chi connectivity index (χ0v) is 19.9. The van der Waals surface area contributed by atoms with Crippen LogP contribution in [0.25, 0.3) is 0 Å². The molecule has 1 amide bonds. The quantitative estimate of drug-likeness (QED) is 0.291. The standard InChI is InChI=1S/C29H36N2O2/c1-3-5-6-10-21-33-28-19-15-26(16-20-28)29(32)30-27-17-13-25(14-18-27)23-31(4-2)22-24-11-8-7-9-12-24/h7-9,11-20H,3-6,10,21-23H2,1-2H3,(H,30,32). The molecule has 174 valence electrons. The number of nitrogens with one attached hydrogen (secondary N) is 1.